The molecule has 1 aliphatic carbocycles. The van der Waals surface area contributed by atoms with E-state index in [1.54, 1.807) is 0 Å². The van der Waals surface area contributed by atoms with Crippen LogP contribution in [0.25, 0.3) is 0 Å². The lowest BCUT2D eigenvalue weighted by Crippen LogP contribution is -2.36. The normalized spacial score (nSPS) is 33.1. The molecule has 3 heteroatoms. The summed E-state index contributed by atoms with van der Waals surface area (Å²) in [6.45, 7) is 0.719. The van der Waals surface area contributed by atoms with E-state index in [0.29, 0.717) is 0 Å². The van der Waals surface area contributed by atoms with Gasteiger partial charge in [0.25, 0.3) is 0 Å². The minimum Gasteiger partial charge on any atom is -0.369 e. The Kier molecular flexibility index (Phi) is 2.18. The first kappa shape index (κ1) is 8.92. The lowest BCUT2D eigenvalue weighted by molar-refractivity contribution is 0.102. The number of hydrogen-bond donors (Lipinski definition) is 1. The molecule has 2 atom stereocenters. The predicted molar refractivity (Wildman–Crippen MR) is 59.7 cm³/mol. The van der Waals surface area contributed by atoms with E-state index in [2.05, 4.69) is 34.8 Å². The number of nitrogens with zero attached hydrogens (tertiary/aromatic N) is 1. The highest BCUT2D eigenvalue weighted by Crippen LogP contribution is 2.28. The summed E-state index contributed by atoms with van der Waals surface area (Å²) in [7, 11) is 0. The molecule has 0 radical (unpaired) electrons. The van der Waals surface area contributed by atoms with Gasteiger partial charge in [-0.15, -0.1) is 0 Å². The Bertz CT molecular complexity index is 379. The molecule has 0 spiro atoms. The number of ether oxygens (including phenoxy) is 1. The average molecular weight is 202 g/mol. The van der Waals surface area contributed by atoms with Gasteiger partial charge in [-0.1, -0.05) is 24.3 Å². The first-order chi connectivity index (χ1) is 7.45. The second-order valence-electron chi connectivity index (χ2n) is 4.01. The highest BCUT2D eigenvalue weighted by molar-refractivity contribution is 5.64. The Morgan fingerprint density at radius 3 is 3.47 bits per heavy atom. The molecule has 3 nitrogen and oxygen atoms in total. The van der Waals surface area contributed by atoms with Crippen LogP contribution in [0.5, 0.6) is 0 Å². The molecule has 0 bridgehead atoms. The van der Waals surface area contributed by atoms with Gasteiger partial charge in [0.15, 0.2) is 0 Å². The Hall–Kier alpha value is -1.35. The Morgan fingerprint density at radius 2 is 2.47 bits per heavy atom. The van der Waals surface area contributed by atoms with Crippen LogP contribution in [0.1, 0.15) is 12.8 Å². The van der Waals surface area contributed by atoms with Crippen molar-refractivity contribution >= 4 is 6.21 Å². The predicted octanol–water partition coefficient (Wildman–Crippen LogP) is 1.55. The number of hydrazone groups is 1. The molecule has 2 heterocycles. The molecule has 0 aromatic rings. The third kappa shape index (κ3) is 1.53. The second-order valence-corrected chi connectivity index (χ2v) is 4.01. The van der Waals surface area contributed by atoms with E-state index >= 15 is 0 Å². The average Bonchev–Trinajstić information content (AvgIpc) is 2.48. The van der Waals surface area contributed by atoms with Crippen LogP contribution in [-0.2, 0) is 4.74 Å². The SMILES string of the molecule is C1=CCC2OCC=C3CC=NNC3C2=C1. The van der Waals surface area contributed by atoms with Crippen molar-refractivity contribution in [2.75, 3.05) is 6.61 Å². The van der Waals surface area contributed by atoms with Gasteiger partial charge >= 0.3 is 0 Å². The lowest BCUT2D eigenvalue weighted by atomic mass is 9.89. The van der Waals surface area contributed by atoms with Crippen molar-refractivity contribution in [1.29, 1.82) is 0 Å². The third-order valence-corrected chi connectivity index (χ3v) is 3.12. The highest BCUT2D eigenvalue weighted by atomic mass is 16.5. The summed E-state index contributed by atoms with van der Waals surface area (Å²) >= 11 is 0. The van der Waals surface area contributed by atoms with Gasteiger partial charge in [0, 0.05) is 12.6 Å². The number of rotatable bonds is 0. The van der Waals surface area contributed by atoms with Crippen LogP contribution in [0, 0.1) is 0 Å². The van der Waals surface area contributed by atoms with E-state index in [1.807, 2.05) is 6.21 Å². The summed E-state index contributed by atoms with van der Waals surface area (Å²) in [5.41, 5.74) is 5.88. The van der Waals surface area contributed by atoms with Crippen LogP contribution >= 0.6 is 0 Å². The van der Waals surface area contributed by atoms with Gasteiger partial charge in [-0.2, -0.15) is 5.10 Å². The quantitative estimate of drug-likeness (QED) is 0.605. The molecule has 2 unspecified atom stereocenters. The lowest BCUT2D eigenvalue weighted by Gasteiger charge is -2.28. The first-order valence-corrected chi connectivity index (χ1v) is 5.39. The molecule has 0 amide bonds. The van der Waals surface area contributed by atoms with Crippen molar-refractivity contribution in [2.24, 2.45) is 5.10 Å². The van der Waals surface area contributed by atoms with Gasteiger partial charge in [-0.05, 0) is 17.6 Å². The van der Waals surface area contributed by atoms with E-state index in [4.69, 9.17) is 4.74 Å². The van der Waals surface area contributed by atoms with E-state index < -0.39 is 0 Å². The standard InChI is InChI=1S/C12H14N2O/c1-2-4-11-10(3-1)12-9(6-8-15-11)5-7-13-14-12/h1-3,6-7,11-12,14H,4-5,8H2. The Balaban J connectivity index is 1.98. The molecule has 0 aromatic carbocycles. The summed E-state index contributed by atoms with van der Waals surface area (Å²) in [4.78, 5) is 0. The minimum atomic E-state index is 0.231. The van der Waals surface area contributed by atoms with Gasteiger partial charge in [-0.3, -0.25) is 5.43 Å². The number of hydrogen-bond acceptors (Lipinski definition) is 3. The van der Waals surface area contributed by atoms with E-state index in [1.165, 1.54) is 11.1 Å². The van der Waals surface area contributed by atoms with Gasteiger partial charge in [0.1, 0.15) is 0 Å². The van der Waals surface area contributed by atoms with Crippen molar-refractivity contribution < 1.29 is 4.74 Å². The van der Waals surface area contributed by atoms with Crippen LogP contribution in [0.4, 0.5) is 0 Å². The molecule has 3 aliphatic rings. The molecular weight excluding hydrogens is 188 g/mol. The summed E-state index contributed by atoms with van der Waals surface area (Å²) in [6.07, 6.45) is 12.7. The van der Waals surface area contributed by atoms with Gasteiger partial charge in [0.2, 0.25) is 0 Å². The molecule has 15 heavy (non-hydrogen) atoms. The van der Waals surface area contributed by atoms with E-state index in [0.717, 1.165) is 19.4 Å². The Morgan fingerprint density at radius 1 is 1.47 bits per heavy atom. The summed E-state index contributed by atoms with van der Waals surface area (Å²) in [5.74, 6) is 0. The summed E-state index contributed by atoms with van der Waals surface area (Å²) in [5, 5.41) is 4.16. The van der Waals surface area contributed by atoms with Crippen LogP contribution in [0.15, 0.2) is 40.6 Å². The molecule has 0 saturated heterocycles. The fraction of sp³-hybridized carbons (Fsp3) is 0.417. The summed E-state index contributed by atoms with van der Waals surface area (Å²) < 4.78 is 5.81. The van der Waals surface area contributed by atoms with Crippen molar-refractivity contribution in [1.82, 2.24) is 5.43 Å². The van der Waals surface area contributed by atoms with Gasteiger partial charge < -0.3 is 4.74 Å². The molecule has 1 N–H and O–H groups in total. The van der Waals surface area contributed by atoms with E-state index in [9.17, 15) is 0 Å². The summed E-state index contributed by atoms with van der Waals surface area (Å²) in [6, 6.07) is 0.257. The maximum Gasteiger partial charge on any atom is 0.0892 e. The number of fused-ring (bicyclic) bond motifs is 3. The van der Waals surface area contributed by atoms with Crippen molar-refractivity contribution in [3.05, 3.63) is 35.5 Å². The van der Waals surface area contributed by atoms with Crippen LogP contribution in [-0.4, -0.2) is 25.0 Å². The van der Waals surface area contributed by atoms with Crippen LogP contribution in [0.3, 0.4) is 0 Å². The maximum absolute atomic E-state index is 5.81. The zero-order valence-corrected chi connectivity index (χ0v) is 8.52. The molecule has 3 rings (SSSR count). The molecule has 0 fully saturated rings. The topological polar surface area (TPSA) is 33.6 Å². The highest BCUT2D eigenvalue weighted by Gasteiger charge is 2.29. The third-order valence-electron chi connectivity index (χ3n) is 3.12. The van der Waals surface area contributed by atoms with Crippen molar-refractivity contribution in [3.8, 4) is 0 Å². The maximum atomic E-state index is 5.81. The molecule has 0 saturated carbocycles. The smallest absolute Gasteiger partial charge is 0.0892 e. The molecule has 0 aromatic heterocycles. The molecule has 78 valence electrons. The van der Waals surface area contributed by atoms with Crippen LogP contribution < -0.4 is 5.43 Å². The largest absolute Gasteiger partial charge is 0.369 e. The van der Waals surface area contributed by atoms with Crippen molar-refractivity contribution in [3.63, 3.8) is 0 Å². The second kappa shape index (κ2) is 3.66. The number of nitrogens with one attached hydrogen (secondary N) is 1. The minimum absolute atomic E-state index is 0.231. The Labute approximate surface area is 89.2 Å². The molecular formula is C12H14N2O. The zero-order chi connectivity index (χ0) is 10.1. The zero-order valence-electron chi connectivity index (χ0n) is 8.52. The van der Waals surface area contributed by atoms with Crippen molar-refractivity contribution in [2.45, 2.75) is 25.0 Å². The fourth-order valence-corrected chi connectivity index (χ4v) is 2.31. The number of allylic oxidation sites excluding steroid dienone is 2. The van der Waals surface area contributed by atoms with Crippen LogP contribution in [0.2, 0.25) is 0 Å². The van der Waals surface area contributed by atoms with E-state index in [-0.39, 0.29) is 12.1 Å². The first-order valence-electron chi connectivity index (χ1n) is 5.39. The van der Waals surface area contributed by atoms with Gasteiger partial charge in [-0.25, -0.2) is 0 Å². The molecule has 2 aliphatic heterocycles. The monoisotopic (exact) mass is 202 g/mol. The fourth-order valence-electron chi connectivity index (χ4n) is 2.31. The van der Waals surface area contributed by atoms with Gasteiger partial charge in [0.05, 0.1) is 18.8 Å².